The molecule has 0 atom stereocenters. The van der Waals surface area contributed by atoms with Gasteiger partial charge in [0.15, 0.2) is 0 Å². The summed E-state index contributed by atoms with van der Waals surface area (Å²) in [5.74, 6) is -1.62. The molecule has 2 N–H and O–H groups in total. The number of halogens is 1. The molecule has 0 radical (unpaired) electrons. The van der Waals surface area contributed by atoms with Crippen molar-refractivity contribution in [2.75, 3.05) is 10.6 Å². The first kappa shape index (κ1) is 14.9. The molecule has 2 aromatic carbocycles. The van der Waals surface area contributed by atoms with Crippen LogP contribution >= 0.6 is 11.6 Å². The zero-order chi connectivity index (χ0) is 15.4. The fraction of sp³-hybridized carbons (Fsp3) is 0.0667. The summed E-state index contributed by atoms with van der Waals surface area (Å²) in [5, 5.41) is 17.1. The molecule has 5 nitrogen and oxygen atoms in total. The number of nitrogens with one attached hydrogen (secondary N) is 2. The maximum atomic E-state index is 11.2. The lowest BCUT2D eigenvalue weighted by molar-refractivity contribution is -0.255. The molecule has 108 valence electrons. The van der Waals surface area contributed by atoms with E-state index in [4.69, 9.17) is 11.6 Å². The molecule has 0 aliphatic heterocycles. The number of rotatable bonds is 4. The molecule has 0 spiro atoms. The minimum atomic E-state index is -1.31. The molecule has 0 heterocycles. The number of benzene rings is 2. The first-order valence-corrected chi connectivity index (χ1v) is 6.49. The summed E-state index contributed by atoms with van der Waals surface area (Å²) >= 11 is 5.91. The second-order valence-electron chi connectivity index (χ2n) is 4.36. The van der Waals surface area contributed by atoms with Gasteiger partial charge in [-0.15, -0.1) is 0 Å². The van der Waals surface area contributed by atoms with Crippen LogP contribution in [0.4, 0.5) is 17.1 Å². The third kappa shape index (κ3) is 3.97. The number of aromatic carboxylic acids is 1. The Balaban J connectivity index is 2.37. The van der Waals surface area contributed by atoms with Crippen molar-refractivity contribution in [3.63, 3.8) is 0 Å². The van der Waals surface area contributed by atoms with E-state index >= 15 is 0 Å². The van der Waals surface area contributed by atoms with Crippen LogP contribution in [0.3, 0.4) is 0 Å². The van der Waals surface area contributed by atoms with Gasteiger partial charge >= 0.3 is 0 Å². The highest BCUT2D eigenvalue weighted by Gasteiger charge is 2.07. The van der Waals surface area contributed by atoms with Crippen LogP contribution < -0.4 is 15.7 Å². The Morgan fingerprint density at radius 1 is 1.10 bits per heavy atom. The Kier molecular flexibility index (Phi) is 4.45. The lowest BCUT2D eigenvalue weighted by Crippen LogP contribution is -2.22. The molecule has 0 fully saturated rings. The van der Waals surface area contributed by atoms with Crippen molar-refractivity contribution in [1.29, 1.82) is 0 Å². The highest BCUT2D eigenvalue weighted by atomic mass is 35.5. The van der Waals surface area contributed by atoms with Crippen molar-refractivity contribution in [3.8, 4) is 0 Å². The third-order valence-corrected chi connectivity index (χ3v) is 2.90. The Bertz CT molecular complexity index is 701. The lowest BCUT2D eigenvalue weighted by atomic mass is 10.1. The van der Waals surface area contributed by atoms with E-state index in [0.717, 1.165) is 5.69 Å². The van der Waals surface area contributed by atoms with Crippen LogP contribution in [0.1, 0.15) is 17.3 Å². The smallest absolute Gasteiger partial charge is 0.221 e. The summed E-state index contributed by atoms with van der Waals surface area (Å²) in [6.45, 7) is 1.34. The van der Waals surface area contributed by atoms with Crippen molar-refractivity contribution in [3.05, 3.63) is 53.1 Å². The van der Waals surface area contributed by atoms with Crippen molar-refractivity contribution in [1.82, 2.24) is 0 Å². The van der Waals surface area contributed by atoms with Crippen molar-refractivity contribution >= 4 is 40.5 Å². The minimum absolute atomic E-state index is 0.0182. The average molecular weight is 304 g/mol. The Labute approximate surface area is 126 Å². The molecule has 0 unspecified atom stereocenters. The maximum Gasteiger partial charge on any atom is 0.221 e. The summed E-state index contributed by atoms with van der Waals surface area (Å²) in [6.07, 6.45) is 0. The largest absolute Gasteiger partial charge is 0.545 e. The molecule has 2 rings (SSSR count). The zero-order valence-electron chi connectivity index (χ0n) is 11.1. The van der Waals surface area contributed by atoms with Crippen molar-refractivity contribution in [2.45, 2.75) is 6.92 Å². The van der Waals surface area contributed by atoms with E-state index in [-0.39, 0.29) is 11.5 Å². The number of carbonyl (C=O) groups is 2. The number of carboxylic acids is 1. The molecular weight excluding hydrogens is 292 g/mol. The van der Waals surface area contributed by atoms with Gasteiger partial charge in [-0.25, -0.2) is 0 Å². The number of hydrogen-bond acceptors (Lipinski definition) is 4. The van der Waals surface area contributed by atoms with Crippen molar-refractivity contribution < 1.29 is 14.7 Å². The van der Waals surface area contributed by atoms with Crippen LogP contribution in [0.15, 0.2) is 42.5 Å². The quantitative estimate of drug-likeness (QED) is 0.909. The van der Waals surface area contributed by atoms with Gasteiger partial charge in [0.1, 0.15) is 0 Å². The van der Waals surface area contributed by atoms with Gasteiger partial charge in [-0.3, -0.25) is 4.79 Å². The van der Waals surface area contributed by atoms with Crippen LogP contribution in [0, 0.1) is 0 Å². The van der Waals surface area contributed by atoms with Crippen LogP contribution in [-0.2, 0) is 4.79 Å². The van der Waals surface area contributed by atoms with Gasteiger partial charge in [0.25, 0.3) is 0 Å². The van der Waals surface area contributed by atoms with E-state index in [1.54, 1.807) is 30.3 Å². The van der Waals surface area contributed by atoms with Crippen molar-refractivity contribution in [2.24, 2.45) is 0 Å². The Morgan fingerprint density at radius 2 is 1.86 bits per heavy atom. The molecule has 1 amide bonds. The molecule has 0 saturated carbocycles. The van der Waals surface area contributed by atoms with Gasteiger partial charge in [0, 0.05) is 17.6 Å². The predicted octanol–water partition coefficient (Wildman–Crippen LogP) is 2.41. The van der Waals surface area contributed by atoms with E-state index in [1.807, 2.05) is 0 Å². The van der Waals surface area contributed by atoms with Gasteiger partial charge in [0.2, 0.25) is 5.91 Å². The predicted molar refractivity (Wildman–Crippen MR) is 79.8 cm³/mol. The number of amides is 1. The Hall–Kier alpha value is -2.53. The third-order valence-electron chi connectivity index (χ3n) is 2.67. The van der Waals surface area contributed by atoms with Gasteiger partial charge in [-0.05, 0) is 35.9 Å². The number of anilines is 3. The molecule has 0 bridgehead atoms. The summed E-state index contributed by atoms with van der Waals surface area (Å²) in [5.41, 5.74) is 1.60. The van der Waals surface area contributed by atoms with E-state index in [0.29, 0.717) is 16.4 Å². The molecule has 0 aromatic heterocycles. The molecular formula is C15H12ClN2O3-. The molecule has 0 aliphatic carbocycles. The highest BCUT2D eigenvalue weighted by Crippen LogP contribution is 2.28. The fourth-order valence-electron chi connectivity index (χ4n) is 1.80. The zero-order valence-corrected chi connectivity index (χ0v) is 11.9. The first-order valence-electron chi connectivity index (χ1n) is 6.11. The van der Waals surface area contributed by atoms with Gasteiger partial charge < -0.3 is 20.5 Å². The summed E-state index contributed by atoms with van der Waals surface area (Å²) in [7, 11) is 0. The minimum Gasteiger partial charge on any atom is -0.545 e. The van der Waals surface area contributed by atoms with E-state index in [9.17, 15) is 14.7 Å². The topological polar surface area (TPSA) is 81.3 Å². The maximum absolute atomic E-state index is 11.2. The second-order valence-corrected chi connectivity index (χ2v) is 4.80. The molecule has 0 saturated heterocycles. The number of carboxylic acid groups (broad SMARTS) is 1. The normalized spacial score (nSPS) is 10.0. The lowest BCUT2D eigenvalue weighted by Gasteiger charge is -2.14. The summed E-state index contributed by atoms with van der Waals surface area (Å²) in [4.78, 5) is 22.1. The van der Waals surface area contributed by atoms with E-state index in [2.05, 4.69) is 10.6 Å². The van der Waals surface area contributed by atoms with Gasteiger partial charge in [-0.1, -0.05) is 23.7 Å². The van der Waals surface area contributed by atoms with Gasteiger partial charge in [0.05, 0.1) is 17.3 Å². The van der Waals surface area contributed by atoms with E-state index < -0.39 is 5.97 Å². The van der Waals surface area contributed by atoms with Crippen LogP contribution in [-0.4, -0.2) is 11.9 Å². The first-order chi connectivity index (χ1) is 9.95. The fourth-order valence-corrected chi connectivity index (χ4v) is 1.99. The number of hydrogen-bond donors (Lipinski definition) is 2. The average Bonchev–Trinajstić information content (AvgIpc) is 2.40. The monoisotopic (exact) mass is 303 g/mol. The van der Waals surface area contributed by atoms with Crippen LogP contribution in [0.2, 0.25) is 5.02 Å². The van der Waals surface area contributed by atoms with Crippen LogP contribution in [0.25, 0.3) is 0 Å². The van der Waals surface area contributed by atoms with Gasteiger partial charge in [-0.2, -0.15) is 0 Å². The highest BCUT2D eigenvalue weighted by molar-refractivity contribution is 6.30. The van der Waals surface area contributed by atoms with E-state index in [1.165, 1.54) is 19.1 Å². The molecule has 2 aromatic rings. The number of carbonyl (C=O) groups excluding carboxylic acids is 2. The molecule has 0 aliphatic rings. The van der Waals surface area contributed by atoms with Crippen LogP contribution in [0.5, 0.6) is 0 Å². The molecule has 6 heteroatoms. The SMILES string of the molecule is CC(=O)Nc1cc(C(=O)[O-])ccc1Nc1cccc(Cl)c1. The summed E-state index contributed by atoms with van der Waals surface area (Å²) < 4.78 is 0. The summed E-state index contributed by atoms with van der Waals surface area (Å²) in [6, 6.07) is 11.3. The Morgan fingerprint density at radius 3 is 2.48 bits per heavy atom. The molecule has 21 heavy (non-hydrogen) atoms. The standard InChI is InChI=1S/C15H13ClN2O3/c1-9(19)17-14-7-10(15(20)21)5-6-13(14)18-12-4-2-3-11(16)8-12/h2-8,18H,1H3,(H,17,19)(H,20,21)/p-1. The second kappa shape index (κ2) is 6.28.